The normalized spacial score (nSPS) is 35.4. The van der Waals surface area contributed by atoms with Crippen molar-refractivity contribution in [3.8, 4) is 0 Å². The molecule has 2 N–H and O–H groups in total. The molecular weight excluding hydrogens is 390 g/mol. The van der Waals surface area contributed by atoms with Gasteiger partial charge < -0.3 is 15.2 Å². The topological polar surface area (TPSA) is 71.6 Å². The molecule has 1 aromatic rings. The van der Waals surface area contributed by atoms with Crippen molar-refractivity contribution in [1.29, 1.82) is 0 Å². The molecule has 0 aromatic carbocycles. The number of amides is 1. The average Bonchev–Trinajstić information content (AvgIpc) is 3.03. The summed E-state index contributed by atoms with van der Waals surface area (Å²) in [5.41, 5.74) is 7.28. The molecule has 162 valence electrons. The third-order valence-corrected chi connectivity index (χ3v) is 8.31. The van der Waals surface area contributed by atoms with Gasteiger partial charge in [-0.3, -0.25) is 14.5 Å². The summed E-state index contributed by atoms with van der Waals surface area (Å²) in [4.78, 5) is 30.0. The summed E-state index contributed by atoms with van der Waals surface area (Å²) in [7, 11) is 0. The molecule has 1 aromatic heterocycles. The minimum absolute atomic E-state index is 0.00333. The lowest BCUT2D eigenvalue weighted by Gasteiger charge is -2.47. The maximum atomic E-state index is 13.4. The molecule has 3 aliphatic heterocycles. The third kappa shape index (κ3) is 2.65. The van der Waals surface area contributed by atoms with Gasteiger partial charge in [0.05, 0.1) is 5.54 Å². The SMILES string of the molecule is NC1(C(=O)N2C[C@@H]3C[C@H](C2)c2ccc(CN4CC5C(C4)C5(F)F)c(=O)n2C3)CCC1. The van der Waals surface area contributed by atoms with Gasteiger partial charge in [-0.2, -0.15) is 0 Å². The molecule has 5 aliphatic rings. The van der Waals surface area contributed by atoms with E-state index in [1.807, 2.05) is 26.5 Å². The fraction of sp³-hybridized carbons (Fsp3) is 0.727. The van der Waals surface area contributed by atoms with E-state index in [1.165, 1.54) is 0 Å². The van der Waals surface area contributed by atoms with E-state index in [0.29, 0.717) is 44.8 Å². The number of fused-ring (bicyclic) bond motifs is 5. The first-order valence-electron chi connectivity index (χ1n) is 11.2. The molecule has 2 unspecified atom stereocenters. The summed E-state index contributed by atoms with van der Waals surface area (Å²) in [5, 5.41) is 0. The van der Waals surface area contributed by atoms with E-state index < -0.39 is 23.3 Å². The van der Waals surface area contributed by atoms with Crippen LogP contribution >= 0.6 is 0 Å². The molecule has 2 bridgehead atoms. The zero-order valence-electron chi connectivity index (χ0n) is 17.0. The van der Waals surface area contributed by atoms with Crippen molar-refractivity contribution in [3.05, 3.63) is 33.7 Å². The largest absolute Gasteiger partial charge is 0.340 e. The Morgan fingerprint density at radius 3 is 2.50 bits per heavy atom. The van der Waals surface area contributed by atoms with Crippen molar-refractivity contribution in [2.45, 2.75) is 56.2 Å². The van der Waals surface area contributed by atoms with E-state index >= 15 is 0 Å². The van der Waals surface area contributed by atoms with Crippen LogP contribution in [0.5, 0.6) is 0 Å². The van der Waals surface area contributed by atoms with Crippen LogP contribution in [-0.4, -0.2) is 57.9 Å². The number of pyridine rings is 1. The first-order valence-corrected chi connectivity index (χ1v) is 11.2. The molecule has 6 rings (SSSR count). The first kappa shape index (κ1) is 18.9. The minimum atomic E-state index is -2.50. The second-order valence-electron chi connectivity index (χ2n) is 10.3. The maximum Gasteiger partial charge on any atom is 0.257 e. The number of likely N-dealkylation sites (tertiary alicyclic amines) is 2. The van der Waals surface area contributed by atoms with Gasteiger partial charge in [-0.05, 0) is 37.7 Å². The van der Waals surface area contributed by atoms with Crippen LogP contribution in [0.4, 0.5) is 8.78 Å². The molecule has 2 aliphatic carbocycles. The van der Waals surface area contributed by atoms with E-state index in [0.717, 1.165) is 31.4 Å². The molecule has 0 spiro atoms. The van der Waals surface area contributed by atoms with Gasteiger partial charge >= 0.3 is 0 Å². The van der Waals surface area contributed by atoms with Crippen LogP contribution in [0.25, 0.3) is 0 Å². The monoisotopic (exact) mass is 418 g/mol. The quantitative estimate of drug-likeness (QED) is 0.805. The molecule has 8 heteroatoms. The summed E-state index contributed by atoms with van der Waals surface area (Å²) in [6.45, 7) is 3.09. The first-order chi connectivity index (χ1) is 14.3. The average molecular weight is 418 g/mol. The Balaban J connectivity index is 1.20. The lowest BCUT2D eigenvalue weighted by atomic mass is 9.75. The van der Waals surface area contributed by atoms with Gasteiger partial charge in [-0.15, -0.1) is 0 Å². The highest BCUT2D eigenvalue weighted by Gasteiger charge is 2.71. The van der Waals surface area contributed by atoms with E-state index in [1.54, 1.807) is 0 Å². The smallest absolute Gasteiger partial charge is 0.257 e. The second-order valence-corrected chi connectivity index (χ2v) is 10.3. The molecular formula is C22H28F2N4O2. The Bertz CT molecular complexity index is 958. The molecule has 2 saturated carbocycles. The van der Waals surface area contributed by atoms with Crippen molar-refractivity contribution in [2.75, 3.05) is 26.2 Å². The Kier molecular flexibility index (Phi) is 3.87. The van der Waals surface area contributed by atoms with Gasteiger partial charge in [-0.1, -0.05) is 6.07 Å². The molecule has 1 amide bonds. The zero-order chi connectivity index (χ0) is 20.8. The Morgan fingerprint density at radius 1 is 1.10 bits per heavy atom. The number of aromatic nitrogens is 1. The number of hydrogen-bond donors (Lipinski definition) is 1. The second kappa shape index (κ2) is 6.13. The van der Waals surface area contributed by atoms with E-state index in [-0.39, 0.29) is 23.3 Å². The van der Waals surface area contributed by atoms with Crippen LogP contribution in [0.3, 0.4) is 0 Å². The van der Waals surface area contributed by atoms with Gasteiger partial charge in [0, 0.05) is 68.3 Å². The highest BCUT2D eigenvalue weighted by molar-refractivity contribution is 5.87. The number of alkyl halides is 2. The molecule has 0 radical (unpaired) electrons. The van der Waals surface area contributed by atoms with Crippen LogP contribution in [0, 0.1) is 17.8 Å². The van der Waals surface area contributed by atoms with Crippen molar-refractivity contribution < 1.29 is 13.6 Å². The Labute approximate surface area is 174 Å². The number of carbonyl (C=O) groups is 1. The minimum Gasteiger partial charge on any atom is -0.340 e. The predicted octanol–water partition coefficient (Wildman–Crippen LogP) is 1.37. The van der Waals surface area contributed by atoms with Crippen LogP contribution in [0.1, 0.15) is 42.9 Å². The third-order valence-electron chi connectivity index (χ3n) is 8.31. The lowest BCUT2D eigenvalue weighted by molar-refractivity contribution is -0.143. The number of nitrogens with two attached hydrogens (primary N) is 1. The number of piperidine rings is 2. The molecule has 30 heavy (non-hydrogen) atoms. The number of nitrogens with zero attached hydrogens (tertiary/aromatic N) is 3. The van der Waals surface area contributed by atoms with Crippen LogP contribution < -0.4 is 11.3 Å². The van der Waals surface area contributed by atoms with Crippen molar-refractivity contribution in [1.82, 2.24) is 14.4 Å². The predicted molar refractivity (Wildman–Crippen MR) is 106 cm³/mol. The van der Waals surface area contributed by atoms with Gasteiger partial charge in [0.25, 0.3) is 11.5 Å². The zero-order valence-corrected chi connectivity index (χ0v) is 17.0. The summed E-state index contributed by atoms with van der Waals surface area (Å²) in [6, 6.07) is 3.88. The van der Waals surface area contributed by atoms with Gasteiger partial charge in [0.15, 0.2) is 0 Å². The van der Waals surface area contributed by atoms with Crippen LogP contribution in [-0.2, 0) is 17.9 Å². The van der Waals surface area contributed by atoms with Crippen molar-refractivity contribution in [2.24, 2.45) is 23.5 Å². The number of hydrogen-bond acceptors (Lipinski definition) is 4. The Hall–Kier alpha value is -1.80. The van der Waals surface area contributed by atoms with Crippen molar-refractivity contribution >= 4 is 5.91 Å². The highest BCUT2D eigenvalue weighted by Crippen LogP contribution is 2.59. The van der Waals surface area contributed by atoms with Crippen LogP contribution in [0.2, 0.25) is 0 Å². The number of rotatable bonds is 3. The highest BCUT2D eigenvalue weighted by atomic mass is 19.3. The summed E-state index contributed by atoms with van der Waals surface area (Å²) >= 11 is 0. The molecule has 4 fully saturated rings. The standard InChI is InChI=1S/C22H28F2N4O2/c23-22(24)16-11-26(12-17(16)22)9-14-2-3-18-15-6-13(8-28(18)19(14)29)7-27(10-15)20(30)21(25)4-1-5-21/h2-3,13,15-17H,1,4-12,25H2/t13-,15+,16?,17?/m0/s1. The van der Waals surface area contributed by atoms with Crippen molar-refractivity contribution in [3.63, 3.8) is 0 Å². The fourth-order valence-corrected chi connectivity index (χ4v) is 6.32. The number of halogens is 2. The van der Waals surface area contributed by atoms with Gasteiger partial charge in [0.1, 0.15) is 0 Å². The van der Waals surface area contributed by atoms with Gasteiger partial charge in [0.2, 0.25) is 5.91 Å². The maximum absolute atomic E-state index is 13.4. The fourth-order valence-electron chi connectivity index (χ4n) is 6.32. The molecule has 4 atom stereocenters. The van der Waals surface area contributed by atoms with Gasteiger partial charge in [-0.25, -0.2) is 8.78 Å². The molecule has 6 nitrogen and oxygen atoms in total. The van der Waals surface area contributed by atoms with E-state index in [9.17, 15) is 18.4 Å². The van der Waals surface area contributed by atoms with Crippen LogP contribution in [0.15, 0.2) is 16.9 Å². The van der Waals surface area contributed by atoms with E-state index in [4.69, 9.17) is 5.73 Å². The number of carbonyl (C=O) groups excluding carboxylic acids is 1. The van der Waals surface area contributed by atoms with E-state index in [2.05, 4.69) is 0 Å². The Morgan fingerprint density at radius 2 is 1.83 bits per heavy atom. The molecule has 2 saturated heterocycles. The molecule has 4 heterocycles. The lowest BCUT2D eigenvalue weighted by Crippen LogP contribution is -2.62. The summed E-state index contributed by atoms with van der Waals surface area (Å²) < 4.78 is 28.8. The summed E-state index contributed by atoms with van der Waals surface area (Å²) in [6.07, 6.45) is 3.53. The summed E-state index contributed by atoms with van der Waals surface area (Å²) in [5.74, 6) is -3.06.